The molecule has 1 heterocycles. The van der Waals surface area contributed by atoms with Crippen LogP contribution in [0.3, 0.4) is 0 Å². The van der Waals surface area contributed by atoms with Gasteiger partial charge >= 0.3 is 0 Å². The number of hydrogen-bond donors (Lipinski definition) is 0. The third-order valence-electron chi connectivity index (χ3n) is 3.34. The second kappa shape index (κ2) is 6.18. The van der Waals surface area contributed by atoms with E-state index in [0.717, 1.165) is 29.1 Å². The zero-order valence-corrected chi connectivity index (χ0v) is 12.0. The van der Waals surface area contributed by atoms with Crippen molar-refractivity contribution in [3.8, 4) is 22.5 Å². The second-order valence-corrected chi connectivity index (χ2v) is 4.77. The number of aromatic nitrogens is 3. The van der Waals surface area contributed by atoms with Gasteiger partial charge in [0.15, 0.2) is 0 Å². The van der Waals surface area contributed by atoms with Gasteiger partial charge in [0.1, 0.15) is 5.69 Å². The molecule has 3 rings (SSSR count). The van der Waals surface area contributed by atoms with Gasteiger partial charge in [0.2, 0.25) is 0 Å². The summed E-state index contributed by atoms with van der Waals surface area (Å²) in [6.07, 6.45) is 4.11. The highest BCUT2D eigenvalue weighted by Gasteiger charge is 2.15. The third-order valence-corrected chi connectivity index (χ3v) is 3.34. The van der Waals surface area contributed by atoms with Gasteiger partial charge in [-0.25, -0.2) is 4.68 Å². The molecule has 3 heteroatoms. The van der Waals surface area contributed by atoms with Gasteiger partial charge in [0.25, 0.3) is 0 Å². The minimum absolute atomic E-state index is 0.723. The smallest absolute Gasteiger partial charge is 0.121 e. The molecule has 0 aliphatic carbocycles. The van der Waals surface area contributed by atoms with Crippen LogP contribution in [0.2, 0.25) is 0 Å². The summed E-state index contributed by atoms with van der Waals surface area (Å²) in [6, 6.07) is 20.5. The van der Waals surface area contributed by atoms with Crippen LogP contribution >= 0.6 is 0 Å². The summed E-state index contributed by atoms with van der Waals surface area (Å²) in [5.41, 5.74) is 4.19. The van der Waals surface area contributed by atoms with Crippen LogP contribution in [0.4, 0.5) is 0 Å². The molecule has 0 radical (unpaired) electrons. The fraction of sp³-hybridized carbons (Fsp3) is 0.111. The van der Waals surface area contributed by atoms with Gasteiger partial charge in [-0.1, -0.05) is 78.0 Å². The van der Waals surface area contributed by atoms with E-state index in [1.165, 1.54) is 0 Å². The molecule has 21 heavy (non-hydrogen) atoms. The topological polar surface area (TPSA) is 30.7 Å². The zero-order valence-electron chi connectivity index (χ0n) is 12.0. The lowest BCUT2D eigenvalue weighted by atomic mass is 10.0. The van der Waals surface area contributed by atoms with Crippen molar-refractivity contribution in [3.05, 3.63) is 72.8 Å². The molecule has 0 aliphatic heterocycles. The van der Waals surface area contributed by atoms with E-state index in [1.807, 2.05) is 54.1 Å². The van der Waals surface area contributed by atoms with Gasteiger partial charge in [-0.2, -0.15) is 0 Å². The predicted molar refractivity (Wildman–Crippen MR) is 85.7 cm³/mol. The first-order valence-corrected chi connectivity index (χ1v) is 7.05. The van der Waals surface area contributed by atoms with E-state index >= 15 is 0 Å². The van der Waals surface area contributed by atoms with E-state index < -0.39 is 0 Å². The average Bonchev–Trinajstić information content (AvgIpc) is 2.98. The van der Waals surface area contributed by atoms with E-state index in [2.05, 4.69) is 40.7 Å². The number of allylic oxidation sites excluding steroid dienone is 2. The lowest BCUT2D eigenvalue weighted by molar-refractivity contribution is 0.667. The Balaban J connectivity index is 2.15. The first-order chi connectivity index (χ1) is 10.4. The molecule has 0 unspecified atom stereocenters. The summed E-state index contributed by atoms with van der Waals surface area (Å²) < 4.78 is 1.94. The van der Waals surface area contributed by atoms with Gasteiger partial charge in [0.05, 0.1) is 12.2 Å². The van der Waals surface area contributed by atoms with Crippen LogP contribution in [0, 0.1) is 0 Å². The summed E-state index contributed by atoms with van der Waals surface area (Å²) in [7, 11) is 0. The van der Waals surface area contributed by atoms with Crippen molar-refractivity contribution in [1.82, 2.24) is 15.0 Å². The molecule has 0 spiro atoms. The van der Waals surface area contributed by atoms with E-state index in [1.54, 1.807) is 0 Å². The first kappa shape index (κ1) is 13.3. The maximum absolute atomic E-state index is 4.39. The minimum atomic E-state index is 0.723. The Morgan fingerprint density at radius 3 is 2.14 bits per heavy atom. The highest BCUT2D eigenvalue weighted by molar-refractivity contribution is 5.77. The van der Waals surface area contributed by atoms with Crippen LogP contribution in [0.1, 0.15) is 6.92 Å². The van der Waals surface area contributed by atoms with Crippen molar-refractivity contribution >= 4 is 0 Å². The molecule has 0 atom stereocenters. The lowest BCUT2D eigenvalue weighted by Gasteiger charge is -2.06. The zero-order chi connectivity index (χ0) is 14.5. The van der Waals surface area contributed by atoms with Crippen LogP contribution in [0.25, 0.3) is 22.5 Å². The molecule has 2 aromatic carbocycles. The SMILES string of the molecule is CC=CCn1nnc(-c2ccccc2)c1-c1ccccc1. The fourth-order valence-electron chi connectivity index (χ4n) is 2.32. The van der Waals surface area contributed by atoms with Gasteiger partial charge in [-0.05, 0) is 6.92 Å². The molecule has 0 N–H and O–H groups in total. The van der Waals surface area contributed by atoms with Crippen molar-refractivity contribution < 1.29 is 0 Å². The van der Waals surface area contributed by atoms with Gasteiger partial charge in [-0.15, -0.1) is 5.10 Å². The maximum Gasteiger partial charge on any atom is 0.121 e. The number of nitrogens with zero attached hydrogens (tertiary/aromatic N) is 3. The molecule has 0 fully saturated rings. The van der Waals surface area contributed by atoms with Crippen LogP contribution in [0.15, 0.2) is 72.8 Å². The molecule has 0 bridgehead atoms. The van der Waals surface area contributed by atoms with E-state index in [-0.39, 0.29) is 0 Å². The average molecular weight is 275 g/mol. The quantitative estimate of drug-likeness (QED) is 0.668. The van der Waals surface area contributed by atoms with Gasteiger partial charge < -0.3 is 0 Å². The standard InChI is InChI=1S/C18H17N3/c1-2-3-14-21-18(16-12-8-5-9-13-16)17(19-20-21)15-10-6-4-7-11-15/h2-13H,14H2,1H3. The Morgan fingerprint density at radius 1 is 0.905 bits per heavy atom. The summed E-state index contributed by atoms with van der Waals surface area (Å²) in [5.74, 6) is 0. The normalized spacial score (nSPS) is 11.1. The Morgan fingerprint density at radius 2 is 1.52 bits per heavy atom. The number of rotatable bonds is 4. The van der Waals surface area contributed by atoms with Crippen molar-refractivity contribution in [2.45, 2.75) is 13.5 Å². The minimum Gasteiger partial charge on any atom is -0.240 e. The third kappa shape index (κ3) is 2.77. The molecule has 3 aromatic rings. The van der Waals surface area contributed by atoms with Crippen LogP contribution in [-0.2, 0) is 6.54 Å². The predicted octanol–water partition coefficient (Wildman–Crippen LogP) is 4.19. The highest BCUT2D eigenvalue weighted by atomic mass is 15.4. The molecule has 0 aliphatic rings. The molecule has 0 amide bonds. The summed E-state index contributed by atoms with van der Waals surface area (Å²) in [5, 5.41) is 8.72. The van der Waals surface area contributed by atoms with Gasteiger partial charge in [-0.3, -0.25) is 0 Å². The summed E-state index contributed by atoms with van der Waals surface area (Å²) in [6.45, 7) is 2.73. The Kier molecular flexibility index (Phi) is 3.92. The van der Waals surface area contributed by atoms with Crippen LogP contribution in [-0.4, -0.2) is 15.0 Å². The maximum atomic E-state index is 4.39. The first-order valence-electron chi connectivity index (χ1n) is 7.05. The van der Waals surface area contributed by atoms with Crippen molar-refractivity contribution in [1.29, 1.82) is 0 Å². The van der Waals surface area contributed by atoms with Gasteiger partial charge in [0, 0.05) is 11.1 Å². The van der Waals surface area contributed by atoms with Crippen LogP contribution < -0.4 is 0 Å². The lowest BCUT2D eigenvalue weighted by Crippen LogP contribution is -2.00. The highest BCUT2D eigenvalue weighted by Crippen LogP contribution is 2.29. The summed E-state index contributed by atoms with van der Waals surface area (Å²) >= 11 is 0. The van der Waals surface area contributed by atoms with Crippen LogP contribution in [0.5, 0.6) is 0 Å². The largest absolute Gasteiger partial charge is 0.240 e. The molecular formula is C18H17N3. The number of hydrogen-bond acceptors (Lipinski definition) is 2. The molecule has 0 saturated heterocycles. The monoisotopic (exact) mass is 275 g/mol. The Labute approximate surface area is 124 Å². The molecule has 3 nitrogen and oxygen atoms in total. The summed E-state index contributed by atoms with van der Waals surface area (Å²) in [4.78, 5) is 0. The molecule has 1 aromatic heterocycles. The van der Waals surface area contributed by atoms with E-state index in [4.69, 9.17) is 0 Å². The Hall–Kier alpha value is -2.68. The fourth-order valence-corrected chi connectivity index (χ4v) is 2.32. The molecular weight excluding hydrogens is 258 g/mol. The second-order valence-electron chi connectivity index (χ2n) is 4.77. The molecule has 104 valence electrons. The van der Waals surface area contributed by atoms with Crippen molar-refractivity contribution in [3.63, 3.8) is 0 Å². The van der Waals surface area contributed by atoms with Crippen molar-refractivity contribution in [2.24, 2.45) is 0 Å². The molecule has 0 saturated carbocycles. The number of benzene rings is 2. The van der Waals surface area contributed by atoms with Crippen molar-refractivity contribution in [2.75, 3.05) is 0 Å². The Bertz CT molecular complexity index is 728. The van der Waals surface area contributed by atoms with E-state index in [9.17, 15) is 0 Å². The van der Waals surface area contributed by atoms with E-state index in [0.29, 0.717) is 0 Å².